The van der Waals surface area contributed by atoms with Gasteiger partial charge in [0.25, 0.3) is 0 Å². The lowest BCUT2D eigenvalue weighted by Crippen LogP contribution is -2.20. The van der Waals surface area contributed by atoms with Crippen molar-refractivity contribution in [2.75, 3.05) is 21.3 Å². The summed E-state index contributed by atoms with van der Waals surface area (Å²) in [6.07, 6.45) is 3.39. The largest absolute Gasteiger partial charge is 0.493 e. The Hall–Kier alpha value is -3.67. The summed E-state index contributed by atoms with van der Waals surface area (Å²) in [5.41, 5.74) is 5.14. The van der Waals surface area contributed by atoms with Gasteiger partial charge in [-0.25, -0.2) is 0 Å². The minimum atomic E-state index is -0.182. The number of methoxy groups -OCH3 is 3. The Kier molecular flexibility index (Phi) is 7.03. The molecule has 2 aromatic carbocycles. The van der Waals surface area contributed by atoms with E-state index in [2.05, 4.69) is 35.0 Å². The fourth-order valence-electron chi connectivity index (χ4n) is 3.58. The van der Waals surface area contributed by atoms with Crippen LogP contribution in [-0.4, -0.2) is 31.8 Å². The van der Waals surface area contributed by atoms with E-state index < -0.39 is 0 Å². The second-order valence-corrected chi connectivity index (χ2v) is 7.08. The Morgan fingerprint density at radius 1 is 0.968 bits per heavy atom. The fraction of sp³-hybridized carbons (Fsp3) is 0.240. The van der Waals surface area contributed by atoms with Crippen LogP contribution in [0.1, 0.15) is 22.5 Å². The number of carbonyl (C=O) groups excluding carboxylic acids is 1. The molecule has 3 rings (SSSR count). The van der Waals surface area contributed by atoms with Gasteiger partial charge in [-0.1, -0.05) is 18.2 Å². The number of nitrogens with zero attached hydrogens (tertiary/aromatic N) is 1. The highest BCUT2D eigenvalue weighted by molar-refractivity contribution is 5.91. The van der Waals surface area contributed by atoms with Gasteiger partial charge in [-0.2, -0.15) is 0 Å². The standard InChI is InChI=1S/C25H28N2O4/c1-17-13-20(18(2)27(17)21-9-7-6-8-10-21)11-12-24(28)26-16-19-14-22(29-3)25(31-5)23(15-19)30-4/h6-15H,16H2,1-5H3,(H,26,28)/b12-11+. The molecule has 6 nitrogen and oxygen atoms in total. The summed E-state index contributed by atoms with van der Waals surface area (Å²) in [6, 6.07) is 15.9. The van der Waals surface area contributed by atoms with Crippen molar-refractivity contribution in [2.45, 2.75) is 20.4 Å². The number of aryl methyl sites for hydroxylation is 1. The molecular formula is C25H28N2O4. The zero-order valence-electron chi connectivity index (χ0n) is 18.6. The summed E-state index contributed by atoms with van der Waals surface area (Å²) >= 11 is 0. The Labute approximate surface area is 183 Å². The molecule has 0 fully saturated rings. The molecule has 0 saturated heterocycles. The molecule has 0 aliphatic carbocycles. The number of hydrogen-bond donors (Lipinski definition) is 1. The van der Waals surface area contributed by atoms with E-state index in [1.807, 2.05) is 43.3 Å². The van der Waals surface area contributed by atoms with Gasteiger partial charge in [-0.05, 0) is 61.4 Å². The van der Waals surface area contributed by atoms with Crippen LogP contribution in [0, 0.1) is 13.8 Å². The molecule has 1 heterocycles. The van der Waals surface area contributed by atoms with Crippen LogP contribution in [0.4, 0.5) is 0 Å². The summed E-state index contributed by atoms with van der Waals surface area (Å²) in [4.78, 5) is 12.4. The Morgan fingerprint density at radius 3 is 2.19 bits per heavy atom. The van der Waals surface area contributed by atoms with Crippen molar-refractivity contribution in [1.82, 2.24) is 9.88 Å². The van der Waals surface area contributed by atoms with E-state index in [4.69, 9.17) is 14.2 Å². The van der Waals surface area contributed by atoms with E-state index in [0.29, 0.717) is 23.8 Å². The molecule has 1 N–H and O–H groups in total. The lowest BCUT2D eigenvalue weighted by molar-refractivity contribution is -0.116. The maximum Gasteiger partial charge on any atom is 0.244 e. The highest BCUT2D eigenvalue weighted by atomic mass is 16.5. The van der Waals surface area contributed by atoms with Crippen molar-refractivity contribution < 1.29 is 19.0 Å². The van der Waals surface area contributed by atoms with Crippen molar-refractivity contribution in [2.24, 2.45) is 0 Å². The van der Waals surface area contributed by atoms with Crippen LogP contribution in [0.3, 0.4) is 0 Å². The Bertz CT molecular complexity index is 1060. The molecule has 0 aliphatic rings. The van der Waals surface area contributed by atoms with E-state index in [1.54, 1.807) is 27.4 Å². The number of rotatable bonds is 8. The number of amides is 1. The van der Waals surface area contributed by atoms with Crippen LogP contribution >= 0.6 is 0 Å². The van der Waals surface area contributed by atoms with Crippen LogP contribution in [-0.2, 0) is 11.3 Å². The second kappa shape index (κ2) is 9.89. The molecular weight excluding hydrogens is 392 g/mol. The summed E-state index contributed by atoms with van der Waals surface area (Å²) < 4.78 is 18.2. The van der Waals surface area contributed by atoms with Crippen molar-refractivity contribution in [1.29, 1.82) is 0 Å². The molecule has 0 bridgehead atoms. The van der Waals surface area contributed by atoms with Crippen molar-refractivity contribution in [3.05, 3.63) is 77.1 Å². The highest BCUT2D eigenvalue weighted by Crippen LogP contribution is 2.38. The second-order valence-electron chi connectivity index (χ2n) is 7.08. The molecule has 6 heteroatoms. The molecule has 1 amide bonds. The first-order valence-corrected chi connectivity index (χ1v) is 9.97. The summed E-state index contributed by atoms with van der Waals surface area (Å²) in [6.45, 7) is 4.44. The van der Waals surface area contributed by atoms with Gasteiger partial charge < -0.3 is 24.1 Å². The lowest BCUT2D eigenvalue weighted by atomic mass is 10.1. The number of aromatic nitrogens is 1. The van der Waals surface area contributed by atoms with E-state index in [9.17, 15) is 4.79 Å². The van der Waals surface area contributed by atoms with Gasteiger partial charge in [0.2, 0.25) is 11.7 Å². The average molecular weight is 421 g/mol. The molecule has 1 aromatic heterocycles. The molecule has 31 heavy (non-hydrogen) atoms. The first-order valence-electron chi connectivity index (χ1n) is 9.97. The lowest BCUT2D eigenvalue weighted by Gasteiger charge is -2.14. The molecule has 0 atom stereocenters. The van der Waals surface area contributed by atoms with E-state index in [-0.39, 0.29) is 5.91 Å². The van der Waals surface area contributed by atoms with Gasteiger partial charge >= 0.3 is 0 Å². The zero-order chi connectivity index (χ0) is 22.4. The number of nitrogens with one attached hydrogen (secondary N) is 1. The quantitative estimate of drug-likeness (QED) is 0.547. The third-order valence-electron chi connectivity index (χ3n) is 5.09. The minimum Gasteiger partial charge on any atom is -0.493 e. The monoisotopic (exact) mass is 420 g/mol. The van der Waals surface area contributed by atoms with E-state index in [0.717, 1.165) is 28.2 Å². The normalized spacial score (nSPS) is 10.9. The molecule has 0 aliphatic heterocycles. The van der Waals surface area contributed by atoms with E-state index in [1.165, 1.54) is 0 Å². The van der Waals surface area contributed by atoms with Crippen molar-refractivity contribution >= 4 is 12.0 Å². The number of hydrogen-bond acceptors (Lipinski definition) is 4. The van der Waals surface area contributed by atoms with Crippen molar-refractivity contribution in [3.8, 4) is 22.9 Å². The van der Waals surface area contributed by atoms with Gasteiger partial charge in [-0.15, -0.1) is 0 Å². The predicted octanol–water partition coefficient (Wildman–Crippen LogP) is 4.45. The smallest absolute Gasteiger partial charge is 0.244 e. The molecule has 0 radical (unpaired) electrons. The van der Waals surface area contributed by atoms with Gasteiger partial charge in [0.1, 0.15) is 0 Å². The van der Waals surface area contributed by atoms with Crippen LogP contribution in [0.2, 0.25) is 0 Å². The summed E-state index contributed by atoms with van der Waals surface area (Å²) in [7, 11) is 4.68. The topological polar surface area (TPSA) is 61.7 Å². The molecule has 0 spiro atoms. The van der Waals surface area contributed by atoms with Gasteiger partial charge in [0.05, 0.1) is 21.3 Å². The maximum absolute atomic E-state index is 12.4. The average Bonchev–Trinajstić information content (AvgIpc) is 3.08. The summed E-state index contributed by atoms with van der Waals surface area (Å²) in [5.74, 6) is 1.44. The third kappa shape index (κ3) is 4.91. The van der Waals surface area contributed by atoms with Crippen LogP contribution in [0.25, 0.3) is 11.8 Å². The van der Waals surface area contributed by atoms with Gasteiger partial charge in [0, 0.05) is 29.7 Å². The SMILES string of the molecule is COc1cc(CNC(=O)/C=C/c2cc(C)n(-c3ccccc3)c2C)cc(OC)c1OC. The maximum atomic E-state index is 12.4. The van der Waals surface area contributed by atoms with Crippen LogP contribution in [0.15, 0.2) is 54.6 Å². The number of carbonyl (C=O) groups is 1. The number of benzene rings is 2. The van der Waals surface area contributed by atoms with E-state index >= 15 is 0 Å². The van der Waals surface area contributed by atoms with Crippen molar-refractivity contribution in [3.63, 3.8) is 0 Å². The first kappa shape index (κ1) is 22.0. The number of ether oxygens (including phenoxy) is 3. The Balaban J connectivity index is 1.71. The molecule has 0 unspecified atom stereocenters. The highest BCUT2D eigenvalue weighted by Gasteiger charge is 2.13. The Morgan fingerprint density at radius 2 is 1.61 bits per heavy atom. The fourth-order valence-corrected chi connectivity index (χ4v) is 3.58. The zero-order valence-corrected chi connectivity index (χ0v) is 18.6. The predicted molar refractivity (Wildman–Crippen MR) is 122 cm³/mol. The molecule has 162 valence electrons. The number of para-hydroxylation sites is 1. The molecule has 0 saturated carbocycles. The van der Waals surface area contributed by atoms with Gasteiger partial charge in [0.15, 0.2) is 11.5 Å². The van der Waals surface area contributed by atoms with Crippen LogP contribution < -0.4 is 19.5 Å². The van der Waals surface area contributed by atoms with Gasteiger partial charge in [-0.3, -0.25) is 4.79 Å². The molecule has 3 aromatic rings. The third-order valence-corrected chi connectivity index (χ3v) is 5.09. The first-order chi connectivity index (χ1) is 15.0. The minimum absolute atomic E-state index is 0.182. The summed E-state index contributed by atoms with van der Waals surface area (Å²) in [5, 5.41) is 2.90. The van der Waals surface area contributed by atoms with Crippen LogP contribution in [0.5, 0.6) is 17.2 Å².